The first-order valence-electron chi connectivity index (χ1n) is 12.7. The number of ketones is 1. The van der Waals surface area contributed by atoms with Gasteiger partial charge in [0, 0.05) is 30.6 Å². The highest BCUT2D eigenvalue weighted by molar-refractivity contribution is 5.90. The fourth-order valence-electron chi connectivity index (χ4n) is 7.89. The second-order valence-electron chi connectivity index (χ2n) is 12.1. The van der Waals surface area contributed by atoms with Crippen molar-refractivity contribution in [2.75, 3.05) is 0 Å². The molecule has 1 spiro atoms. The van der Waals surface area contributed by atoms with Gasteiger partial charge in [-0.25, -0.2) is 4.79 Å². The molecule has 34 heavy (non-hydrogen) atoms. The third kappa shape index (κ3) is 3.37. The van der Waals surface area contributed by atoms with Crippen molar-refractivity contribution < 1.29 is 23.9 Å². The Hall–Kier alpha value is -2.43. The zero-order chi connectivity index (χ0) is 24.5. The number of hydrogen-bond acceptors (Lipinski definition) is 5. The molecule has 0 aromatic heterocycles. The van der Waals surface area contributed by atoms with Gasteiger partial charge in [-0.05, 0) is 62.0 Å². The summed E-state index contributed by atoms with van der Waals surface area (Å²) in [5.74, 6) is -0.760. The van der Waals surface area contributed by atoms with Crippen LogP contribution in [0.3, 0.4) is 0 Å². The Balaban J connectivity index is 1.67. The molecule has 3 saturated carbocycles. The first-order chi connectivity index (χ1) is 16.0. The summed E-state index contributed by atoms with van der Waals surface area (Å²) in [4.78, 5) is 39.0. The summed E-state index contributed by atoms with van der Waals surface area (Å²) < 4.78 is 12.3. The van der Waals surface area contributed by atoms with Crippen LogP contribution in [0, 0.1) is 28.1 Å². The molecule has 4 aliphatic rings. The summed E-state index contributed by atoms with van der Waals surface area (Å²) in [6.45, 7) is 10.2. The van der Waals surface area contributed by atoms with E-state index < -0.39 is 24.1 Å². The van der Waals surface area contributed by atoms with Crippen molar-refractivity contribution >= 4 is 17.7 Å². The van der Waals surface area contributed by atoms with Gasteiger partial charge >= 0.3 is 11.9 Å². The molecular formula is C29H36O5. The number of ether oxygens (including phenoxy) is 2. The second-order valence-corrected chi connectivity index (χ2v) is 12.1. The summed E-state index contributed by atoms with van der Waals surface area (Å²) >= 11 is 0. The lowest BCUT2D eigenvalue weighted by atomic mass is 9.46. The molecule has 182 valence electrons. The summed E-state index contributed by atoms with van der Waals surface area (Å²) in [5.41, 5.74) is 2.62. The smallest absolute Gasteiger partial charge is 0.338 e. The molecule has 1 aromatic carbocycles. The van der Waals surface area contributed by atoms with E-state index >= 15 is 0 Å². The third-order valence-corrected chi connectivity index (χ3v) is 9.51. The molecular weight excluding hydrogens is 428 g/mol. The van der Waals surface area contributed by atoms with Crippen LogP contribution in [0.5, 0.6) is 0 Å². The van der Waals surface area contributed by atoms with E-state index in [1.807, 2.05) is 18.2 Å². The lowest BCUT2D eigenvalue weighted by Gasteiger charge is -2.60. The van der Waals surface area contributed by atoms with Crippen LogP contribution < -0.4 is 0 Å². The van der Waals surface area contributed by atoms with Crippen LogP contribution in [0.2, 0.25) is 0 Å². The fraction of sp³-hybridized carbons (Fsp3) is 0.621. The van der Waals surface area contributed by atoms with Crippen molar-refractivity contribution in [3.8, 4) is 0 Å². The van der Waals surface area contributed by atoms with Gasteiger partial charge in [0.2, 0.25) is 0 Å². The molecule has 0 amide bonds. The molecule has 1 aromatic rings. The number of carbonyl (C=O) groups is 3. The van der Waals surface area contributed by atoms with Crippen molar-refractivity contribution in [2.24, 2.45) is 28.1 Å². The van der Waals surface area contributed by atoms with Gasteiger partial charge in [0.05, 0.1) is 5.56 Å². The van der Waals surface area contributed by atoms with Gasteiger partial charge < -0.3 is 9.47 Å². The van der Waals surface area contributed by atoms with Crippen LogP contribution in [-0.4, -0.2) is 29.9 Å². The van der Waals surface area contributed by atoms with E-state index in [1.54, 1.807) is 12.1 Å². The van der Waals surface area contributed by atoms with Crippen LogP contribution >= 0.6 is 0 Å². The van der Waals surface area contributed by atoms with Gasteiger partial charge in [-0.2, -0.15) is 0 Å². The molecule has 0 unspecified atom stereocenters. The SMILES string of the molecule is CC(=O)O[C@@H]1[C@H](OC(=O)c2ccccc2)[C@@H]2C(=C(C)CCC2(C)C)[C@@]23CC[C@@](C)(C2)C(=O)C[C@H]13. The Labute approximate surface area is 202 Å². The number of hydrogen-bond donors (Lipinski definition) is 0. The number of benzene rings is 1. The second kappa shape index (κ2) is 7.79. The van der Waals surface area contributed by atoms with Crippen LogP contribution in [-0.2, 0) is 19.1 Å². The van der Waals surface area contributed by atoms with Gasteiger partial charge in [-0.15, -0.1) is 0 Å². The number of allylic oxidation sites excluding steroid dienone is 1. The van der Waals surface area contributed by atoms with Crippen molar-refractivity contribution in [2.45, 2.75) is 85.4 Å². The van der Waals surface area contributed by atoms with Crippen LogP contribution in [0.1, 0.15) is 83.5 Å². The topological polar surface area (TPSA) is 69.7 Å². The zero-order valence-corrected chi connectivity index (χ0v) is 21.0. The van der Waals surface area contributed by atoms with E-state index in [0.717, 1.165) is 32.1 Å². The zero-order valence-electron chi connectivity index (χ0n) is 21.0. The average Bonchev–Trinajstić information content (AvgIpc) is 3.09. The highest BCUT2D eigenvalue weighted by Crippen LogP contribution is 2.70. The van der Waals surface area contributed by atoms with Crippen LogP contribution in [0.25, 0.3) is 0 Å². The fourth-order valence-corrected chi connectivity index (χ4v) is 7.89. The van der Waals surface area contributed by atoms with Gasteiger partial charge in [0.15, 0.2) is 0 Å². The Morgan fingerprint density at radius 3 is 2.35 bits per heavy atom. The normalized spacial score (nSPS) is 38.1. The van der Waals surface area contributed by atoms with E-state index in [0.29, 0.717) is 12.0 Å². The minimum Gasteiger partial charge on any atom is -0.458 e. The lowest BCUT2D eigenvalue weighted by Crippen LogP contribution is -2.63. The monoisotopic (exact) mass is 464 g/mol. The summed E-state index contributed by atoms with van der Waals surface area (Å²) in [7, 11) is 0. The molecule has 5 nitrogen and oxygen atoms in total. The Bertz CT molecular complexity index is 1070. The predicted molar refractivity (Wildman–Crippen MR) is 128 cm³/mol. The lowest BCUT2D eigenvalue weighted by molar-refractivity contribution is -0.185. The van der Waals surface area contributed by atoms with E-state index in [-0.39, 0.29) is 33.9 Å². The summed E-state index contributed by atoms with van der Waals surface area (Å²) in [5, 5.41) is 0. The van der Waals surface area contributed by atoms with Crippen molar-refractivity contribution in [3.05, 3.63) is 47.0 Å². The summed E-state index contributed by atoms with van der Waals surface area (Å²) in [6.07, 6.45) is 3.72. The van der Waals surface area contributed by atoms with Gasteiger partial charge in [-0.3, -0.25) is 9.59 Å². The minimum atomic E-state index is -0.629. The molecule has 3 fully saturated rings. The van der Waals surface area contributed by atoms with Gasteiger partial charge in [-0.1, -0.05) is 50.1 Å². The molecule has 4 aliphatic carbocycles. The quantitative estimate of drug-likeness (QED) is 0.425. The largest absolute Gasteiger partial charge is 0.458 e. The number of esters is 2. The van der Waals surface area contributed by atoms with Crippen LogP contribution in [0.4, 0.5) is 0 Å². The molecule has 0 heterocycles. The molecule has 0 radical (unpaired) electrons. The first-order valence-corrected chi connectivity index (χ1v) is 12.7. The first kappa shape index (κ1) is 23.3. The molecule has 5 heteroatoms. The molecule has 2 bridgehead atoms. The van der Waals surface area contributed by atoms with E-state index in [1.165, 1.54) is 18.1 Å². The van der Waals surface area contributed by atoms with E-state index in [4.69, 9.17) is 9.47 Å². The Kier molecular flexibility index (Phi) is 5.34. The standard InChI is InChI=1S/C29H36O5/c1-17-11-12-27(3,4)23-22(17)29-14-13-28(5,16-29)21(31)15-20(29)24(33-18(2)30)25(23)34-26(32)19-9-7-6-8-10-19/h6-10,20,23-25H,11-16H2,1-5H3/t20-,23+,24+,25-,28+,29+/m1/s1. The number of Topliss-reactive ketones (excluding diaryl/α,β-unsaturated/α-hetero) is 1. The molecule has 0 N–H and O–H groups in total. The van der Waals surface area contributed by atoms with Crippen molar-refractivity contribution in [3.63, 3.8) is 0 Å². The molecule has 0 saturated heterocycles. The maximum atomic E-state index is 13.3. The highest BCUT2D eigenvalue weighted by atomic mass is 16.6. The maximum absolute atomic E-state index is 13.3. The molecule has 5 rings (SSSR count). The number of carbonyl (C=O) groups excluding carboxylic acids is 3. The predicted octanol–water partition coefficient (Wildman–Crippen LogP) is 5.68. The van der Waals surface area contributed by atoms with Crippen LogP contribution in [0.15, 0.2) is 41.5 Å². The summed E-state index contributed by atoms with van der Waals surface area (Å²) in [6, 6.07) is 8.98. The maximum Gasteiger partial charge on any atom is 0.338 e. The minimum absolute atomic E-state index is 0.0509. The number of rotatable bonds is 3. The molecule has 0 aliphatic heterocycles. The Morgan fingerprint density at radius 1 is 0.971 bits per heavy atom. The molecule has 6 atom stereocenters. The number of fused-ring (bicyclic) bond motifs is 2. The Morgan fingerprint density at radius 2 is 1.68 bits per heavy atom. The highest BCUT2D eigenvalue weighted by Gasteiger charge is 2.69. The average molecular weight is 465 g/mol. The van der Waals surface area contributed by atoms with Gasteiger partial charge in [0.25, 0.3) is 0 Å². The van der Waals surface area contributed by atoms with E-state index in [2.05, 4.69) is 27.7 Å². The third-order valence-electron chi connectivity index (χ3n) is 9.51. The van der Waals surface area contributed by atoms with Crippen molar-refractivity contribution in [1.82, 2.24) is 0 Å². The van der Waals surface area contributed by atoms with Gasteiger partial charge in [0.1, 0.15) is 18.0 Å². The van der Waals surface area contributed by atoms with E-state index in [9.17, 15) is 14.4 Å². The van der Waals surface area contributed by atoms with Crippen molar-refractivity contribution in [1.29, 1.82) is 0 Å².